The minimum atomic E-state index is 0.00114. The fourth-order valence-corrected chi connectivity index (χ4v) is 3.44. The molecule has 1 N–H and O–H groups in total. The molecule has 0 aliphatic heterocycles. The molecule has 1 aromatic heterocycles. The number of nitrogens with one attached hydrogen (secondary N) is 1. The number of amides is 1. The molecule has 0 bridgehead atoms. The molecule has 1 unspecified atom stereocenters. The van der Waals surface area contributed by atoms with Gasteiger partial charge in [0.1, 0.15) is 17.1 Å². The molecule has 0 radical (unpaired) electrons. The summed E-state index contributed by atoms with van der Waals surface area (Å²) >= 11 is 0. The summed E-state index contributed by atoms with van der Waals surface area (Å²) in [6, 6.07) is 13.6. The lowest BCUT2D eigenvalue weighted by Gasteiger charge is -2.19. The Labute approximate surface area is 158 Å². The van der Waals surface area contributed by atoms with Crippen molar-refractivity contribution in [3.8, 4) is 11.5 Å². The Bertz CT molecular complexity index is 941. The zero-order valence-corrected chi connectivity index (χ0v) is 15.5. The van der Waals surface area contributed by atoms with Gasteiger partial charge in [0.05, 0.1) is 32.9 Å². The molecular formula is C22H23NO4. The van der Waals surface area contributed by atoms with Crippen LogP contribution in [0, 0.1) is 5.92 Å². The zero-order valence-electron chi connectivity index (χ0n) is 15.5. The molecule has 1 amide bonds. The van der Waals surface area contributed by atoms with Crippen LogP contribution in [0.25, 0.3) is 11.0 Å². The summed E-state index contributed by atoms with van der Waals surface area (Å²) in [4.78, 5) is 12.7. The molecule has 3 aromatic rings. The number of hydrogen-bond donors (Lipinski definition) is 1. The van der Waals surface area contributed by atoms with E-state index in [4.69, 9.17) is 13.9 Å². The van der Waals surface area contributed by atoms with Crippen LogP contribution in [-0.2, 0) is 11.2 Å². The molecule has 4 rings (SSSR count). The third-order valence-corrected chi connectivity index (χ3v) is 5.10. The molecule has 2 aromatic carbocycles. The van der Waals surface area contributed by atoms with Crippen LogP contribution in [0.2, 0.25) is 0 Å². The highest BCUT2D eigenvalue weighted by atomic mass is 16.5. The average Bonchev–Trinajstić information content (AvgIpc) is 3.47. The van der Waals surface area contributed by atoms with Gasteiger partial charge in [-0.15, -0.1) is 0 Å². The van der Waals surface area contributed by atoms with Crippen LogP contribution >= 0.6 is 0 Å². The SMILES string of the molecule is COc1ccc(C(NC(=O)Cc2coc3cc(OC)ccc23)C2CC2)cc1. The van der Waals surface area contributed by atoms with Gasteiger partial charge in [0.2, 0.25) is 5.91 Å². The number of fused-ring (bicyclic) bond motifs is 1. The molecule has 5 nitrogen and oxygen atoms in total. The number of furan rings is 1. The van der Waals surface area contributed by atoms with E-state index in [-0.39, 0.29) is 11.9 Å². The predicted octanol–water partition coefficient (Wildman–Crippen LogP) is 4.26. The molecule has 1 aliphatic carbocycles. The lowest BCUT2D eigenvalue weighted by molar-refractivity contribution is -0.121. The predicted molar refractivity (Wildman–Crippen MR) is 103 cm³/mol. The van der Waals surface area contributed by atoms with Gasteiger partial charge in [0.15, 0.2) is 0 Å². The molecule has 0 spiro atoms. The summed E-state index contributed by atoms with van der Waals surface area (Å²) in [7, 11) is 3.27. The number of hydrogen-bond acceptors (Lipinski definition) is 4. The van der Waals surface area contributed by atoms with Gasteiger partial charge in [0.25, 0.3) is 0 Å². The van der Waals surface area contributed by atoms with E-state index in [1.54, 1.807) is 20.5 Å². The van der Waals surface area contributed by atoms with Crippen LogP contribution in [0.5, 0.6) is 11.5 Å². The minimum Gasteiger partial charge on any atom is -0.497 e. The Hall–Kier alpha value is -2.95. The Morgan fingerprint density at radius 2 is 1.81 bits per heavy atom. The van der Waals surface area contributed by atoms with Crippen LogP contribution in [0.15, 0.2) is 53.1 Å². The van der Waals surface area contributed by atoms with Gasteiger partial charge < -0.3 is 19.2 Å². The summed E-state index contributed by atoms with van der Waals surface area (Å²) in [6.07, 6.45) is 4.23. The quantitative estimate of drug-likeness (QED) is 0.680. The fourth-order valence-electron chi connectivity index (χ4n) is 3.44. The molecule has 0 saturated heterocycles. The van der Waals surface area contributed by atoms with Gasteiger partial charge in [-0.05, 0) is 48.6 Å². The molecule has 5 heteroatoms. The maximum Gasteiger partial charge on any atom is 0.225 e. The summed E-state index contributed by atoms with van der Waals surface area (Å²) in [5.41, 5.74) is 2.73. The van der Waals surface area contributed by atoms with E-state index >= 15 is 0 Å². The summed E-state index contributed by atoms with van der Waals surface area (Å²) in [5, 5.41) is 4.16. The number of carbonyl (C=O) groups excluding carboxylic acids is 1. The van der Waals surface area contributed by atoms with E-state index in [1.807, 2.05) is 42.5 Å². The monoisotopic (exact) mass is 365 g/mol. The number of benzene rings is 2. The number of ether oxygens (including phenoxy) is 2. The van der Waals surface area contributed by atoms with E-state index in [2.05, 4.69) is 5.32 Å². The first kappa shape index (κ1) is 17.5. The Morgan fingerprint density at radius 3 is 2.48 bits per heavy atom. The molecular weight excluding hydrogens is 342 g/mol. The molecule has 140 valence electrons. The molecule has 1 saturated carbocycles. The van der Waals surface area contributed by atoms with Crippen LogP contribution < -0.4 is 14.8 Å². The highest BCUT2D eigenvalue weighted by molar-refractivity contribution is 5.88. The summed E-state index contributed by atoms with van der Waals surface area (Å²) in [5.74, 6) is 2.06. The number of rotatable bonds is 7. The molecule has 1 fully saturated rings. The van der Waals surface area contributed by atoms with Crippen LogP contribution in [0.3, 0.4) is 0 Å². The third-order valence-electron chi connectivity index (χ3n) is 5.10. The van der Waals surface area contributed by atoms with E-state index < -0.39 is 0 Å². The number of methoxy groups -OCH3 is 2. The first-order valence-electron chi connectivity index (χ1n) is 9.15. The molecule has 1 heterocycles. The second-order valence-electron chi connectivity index (χ2n) is 6.96. The van der Waals surface area contributed by atoms with Gasteiger partial charge in [0, 0.05) is 17.0 Å². The van der Waals surface area contributed by atoms with Crippen molar-refractivity contribution in [2.24, 2.45) is 5.92 Å². The largest absolute Gasteiger partial charge is 0.497 e. The minimum absolute atomic E-state index is 0.00114. The van der Waals surface area contributed by atoms with Crippen LogP contribution in [-0.4, -0.2) is 20.1 Å². The number of carbonyl (C=O) groups is 1. The zero-order chi connectivity index (χ0) is 18.8. The fraction of sp³-hybridized carbons (Fsp3) is 0.318. The lowest BCUT2D eigenvalue weighted by Crippen LogP contribution is -2.31. The second-order valence-corrected chi connectivity index (χ2v) is 6.96. The normalized spacial score (nSPS) is 14.7. The van der Waals surface area contributed by atoms with Gasteiger partial charge in [-0.1, -0.05) is 12.1 Å². The maximum atomic E-state index is 12.7. The highest BCUT2D eigenvalue weighted by Gasteiger charge is 2.33. The Balaban J connectivity index is 1.48. The van der Waals surface area contributed by atoms with Crippen molar-refractivity contribution in [3.05, 3.63) is 59.9 Å². The average molecular weight is 365 g/mol. The first-order valence-corrected chi connectivity index (χ1v) is 9.15. The van der Waals surface area contributed by atoms with E-state index in [0.717, 1.165) is 46.4 Å². The maximum absolute atomic E-state index is 12.7. The standard InChI is InChI=1S/C22H23NO4/c1-25-17-7-5-15(6-8-17)22(14-3-4-14)23-21(24)11-16-13-27-20-12-18(26-2)9-10-19(16)20/h5-10,12-14,22H,3-4,11H2,1-2H3,(H,23,24). The van der Waals surface area contributed by atoms with Crippen molar-refractivity contribution in [1.82, 2.24) is 5.32 Å². The van der Waals surface area contributed by atoms with Crippen molar-refractivity contribution in [1.29, 1.82) is 0 Å². The van der Waals surface area contributed by atoms with E-state index in [0.29, 0.717) is 12.3 Å². The van der Waals surface area contributed by atoms with Gasteiger partial charge in [-0.3, -0.25) is 4.79 Å². The topological polar surface area (TPSA) is 60.7 Å². The molecule has 1 atom stereocenters. The van der Waals surface area contributed by atoms with Crippen molar-refractivity contribution >= 4 is 16.9 Å². The smallest absolute Gasteiger partial charge is 0.225 e. The summed E-state index contributed by atoms with van der Waals surface area (Å²) < 4.78 is 16.0. The Morgan fingerprint density at radius 1 is 1.11 bits per heavy atom. The second kappa shape index (κ2) is 7.35. The van der Waals surface area contributed by atoms with Crippen molar-refractivity contribution < 1.29 is 18.7 Å². The van der Waals surface area contributed by atoms with E-state index in [1.165, 1.54) is 0 Å². The summed E-state index contributed by atoms with van der Waals surface area (Å²) in [6.45, 7) is 0. The van der Waals surface area contributed by atoms with Crippen molar-refractivity contribution in [2.45, 2.75) is 25.3 Å². The van der Waals surface area contributed by atoms with E-state index in [9.17, 15) is 4.79 Å². The van der Waals surface area contributed by atoms with Crippen molar-refractivity contribution in [2.75, 3.05) is 14.2 Å². The van der Waals surface area contributed by atoms with Gasteiger partial charge in [-0.2, -0.15) is 0 Å². The highest BCUT2D eigenvalue weighted by Crippen LogP contribution is 2.41. The third kappa shape index (κ3) is 3.77. The van der Waals surface area contributed by atoms with Crippen LogP contribution in [0.1, 0.15) is 30.0 Å². The van der Waals surface area contributed by atoms with Gasteiger partial charge in [-0.25, -0.2) is 0 Å². The lowest BCUT2D eigenvalue weighted by atomic mass is 10.0. The first-order chi connectivity index (χ1) is 13.2. The molecule has 27 heavy (non-hydrogen) atoms. The van der Waals surface area contributed by atoms with Gasteiger partial charge >= 0.3 is 0 Å². The van der Waals surface area contributed by atoms with Crippen molar-refractivity contribution in [3.63, 3.8) is 0 Å². The Kier molecular flexibility index (Phi) is 4.75. The van der Waals surface area contributed by atoms with Crippen LogP contribution in [0.4, 0.5) is 0 Å². The molecule has 1 aliphatic rings.